The number of urea groups is 1. The summed E-state index contributed by atoms with van der Waals surface area (Å²) in [6, 6.07) is 9.49. The Morgan fingerprint density at radius 1 is 1.09 bits per heavy atom. The van der Waals surface area contributed by atoms with Gasteiger partial charge in [0.25, 0.3) is 0 Å². The van der Waals surface area contributed by atoms with Crippen LogP contribution in [0.2, 0.25) is 0 Å². The first-order valence-electron chi connectivity index (χ1n) is 11.1. The molecule has 1 N–H and O–H groups in total. The summed E-state index contributed by atoms with van der Waals surface area (Å²) in [7, 11) is 1.57. The number of amides is 3. The molecule has 0 bridgehead atoms. The van der Waals surface area contributed by atoms with Gasteiger partial charge in [-0.25, -0.2) is 9.18 Å². The molecule has 0 spiro atoms. The lowest BCUT2D eigenvalue weighted by atomic mass is 9.96. The number of methoxy groups -OCH3 is 1. The topological polar surface area (TPSA) is 75.0 Å². The van der Waals surface area contributed by atoms with Crippen LogP contribution in [0.1, 0.15) is 43.4 Å². The summed E-state index contributed by atoms with van der Waals surface area (Å²) in [6.45, 7) is 1.10. The number of nitrogens with zero attached hydrogens (tertiary/aromatic N) is 2. The maximum Gasteiger partial charge on any atom is 0.318 e. The minimum Gasteiger partial charge on any atom is -0.467 e. The van der Waals surface area contributed by atoms with Crippen LogP contribution < -0.4 is 5.32 Å². The first-order chi connectivity index (χ1) is 15.5. The lowest BCUT2D eigenvalue weighted by Gasteiger charge is -2.30. The molecule has 2 aromatic rings. The number of carbonyl (C=O) groups is 2. The molecule has 32 heavy (non-hydrogen) atoms. The SMILES string of the molecule is COCCN(CC(=O)N(Cc1ccc(F)cc1)Cc1ccco1)C(=O)NC1CCCCC1. The van der Waals surface area contributed by atoms with Crippen LogP contribution in [0.4, 0.5) is 9.18 Å². The Balaban J connectivity index is 1.69. The van der Waals surface area contributed by atoms with Crippen molar-refractivity contribution in [2.45, 2.75) is 51.2 Å². The molecule has 0 unspecified atom stereocenters. The molecule has 8 heteroatoms. The van der Waals surface area contributed by atoms with E-state index in [-0.39, 0.29) is 43.4 Å². The van der Waals surface area contributed by atoms with Crippen LogP contribution in [0.15, 0.2) is 47.1 Å². The fourth-order valence-electron chi connectivity index (χ4n) is 3.86. The predicted molar refractivity (Wildman–Crippen MR) is 118 cm³/mol. The number of hydrogen-bond acceptors (Lipinski definition) is 4. The van der Waals surface area contributed by atoms with E-state index in [0.717, 1.165) is 31.2 Å². The molecule has 1 aromatic heterocycles. The Morgan fingerprint density at radius 2 is 1.84 bits per heavy atom. The van der Waals surface area contributed by atoms with Crippen molar-refractivity contribution in [2.24, 2.45) is 0 Å². The van der Waals surface area contributed by atoms with Crippen LogP contribution in [-0.4, -0.2) is 54.6 Å². The van der Waals surface area contributed by atoms with Crippen LogP contribution >= 0.6 is 0 Å². The molecular weight excluding hydrogens is 413 g/mol. The van der Waals surface area contributed by atoms with Crippen molar-refractivity contribution in [2.75, 3.05) is 26.8 Å². The first kappa shape index (κ1) is 23.8. The molecule has 0 aliphatic heterocycles. The van der Waals surface area contributed by atoms with Crippen molar-refractivity contribution in [3.63, 3.8) is 0 Å². The van der Waals surface area contributed by atoms with Crippen LogP contribution in [0, 0.1) is 5.82 Å². The Morgan fingerprint density at radius 3 is 2.50 bits per heavy atom. The number of ether oxygens (including phenoxy) is 1. The molecule has 1 aliphatic rings. The summed E-state index contributed by atoms with van der Waals surface area (Å²) >= 11 is 0. The highest BCUT2D eigenvalue weighted by molar-refractivity contribution is 5.84. The molecule has 0 atom stereocenters. The van der Waals surface area contributed by atoms with Gasteiger partial charge in [-0.1, -0.05) is 31.4 Å². The van der Waals surface area contributed by atoms with Gasteiger partial charge in [0.15, 0.2) is 0 Å². The van der Waals surface area contributed by atoms with Crippen LogP contribution in [-0.2, 0) is 22.6 Å². The number of halogens is 1. The summed E-state index contributed by atoms with van der Waals surface area (Å²) in [5.74, 6) is 0.0824. The lowest BCUT2D eigenvalue weighted by molar-refractivity contribution is -0.133. The van der Waals surface area contributed by atoms with Crippen LogP contribution in [0.3, 0.4) is 0 Å². The number of nitrogens with one attached hydrogen (secondary N) is 1. The summed E-state index contributed by atoms with van der Waals surface area (Å²) in [6.07, 6.45) is 6.90. The summed E-state index contributed by atoms with van der Waals surface area (Å²) in [4.78, 5) is 29.3. The molecular formula is C24H32FN3O4. The largest absolute Gasteiger partial charge is 0.467 e. The Labute approximate surface area is 188 Å². The van der Waals surface area contributed by atoms with Gasteiger partial charge >= 0.3 is 6.03 Å². The monoisotopic (exact) mass is 445 g/mol. The van der Waals surface area contributed by atoms with Crippen molar-refractivity contribution in [3.05, 3.63) is 59.8 Å². The van der Waals surface area contributed by atoms with E-state index in [0.29, 0.717) is 18.9 Å². The predicted octanol–water partition coefficient (Wildman–Crippen LogP) is 3.94. The molecule has 1 fully saturated rings. The summed E-state index contributed by atoms with van der Waals surface area (Å²) in [5.41, 5.74) is 0.793. The molecule has 0 radical (unpaired) electrons. The van der Waals surface area contributed by atoms with E-state index < -0.39 is 0 Å². The highest BCUT2D eigenvalue weighted by Crippen LogP contribution is 2.18. The minimum atomic E-state index is -0.331. The van der Waals surface area contributed by atoms with E-state index in [1.807, 2.05) is 0 Å². The number of carbonyl (C=O) groups excluding carboxylic acids is 2. The molecule has 0 saturated heterocycles. The smallest absolute Gasteiger partial charge is 0.318 e. The molecule has 1 heterocycles. The van der Waals surface area contributed by atoms with Crippen molar-refractivity contribution < 1.29 is 23.1 Å². The molecule has 1 aliphatic carbocycles. The molecule has 3 amide bonds. The van der Waals surface area contributed by atoms with E-state index in [1.54, 1.807) is 42.5 Å². The second kappa shape index (κ2) is 12.2. The maximum atomic E-state index is 13.3. The van der Waals surface area contributed by atoms with E-state index in [4.69, 9.17) is 9.15 Å². The van der Waals surface area contributed by atoms with Crippen molar-refractivity contribution >= 4 is 11.9 Å². The molecule has 1 saturated carbocycles. The lowest BCUT2D eigenvalue weighted by Crippen LogP contribution is -2.50. The molecule has 3 rings (SSSR count). The third-order valence-corrected chi connectivity index (χ3v) is 5.68. The van der Waals surface area contributed by atoms with Gasteiger partial charge in [0, 0.05) is 26.2 Å². The molecule has 1 aromatic carbocycles. The zero-order valence-corrected chi connectivity index (χ0v) is 18.6. The number of hydrogen-bond donors (Lipinski definition) is 1. The second-order valence-corrected chi connectivity index (χ2v) is 8.15. The average Bonchev–Trinajstić information content (AvgIpc) is 3.31. The minimum absolute atomic E-state index is 0.0795. The van der Waals surface area contributed by atoms with Gasteiger partial charge < -0.3 is 24.3 Å². The first-order valence-corrected chi connectivity index (χ1v) is 11.1. The Bertz CT molecular complexity index is 835. The number of furan rings is 1. The van der Waals surface area contributed by atoms with Gasteiger partial charge in [0.1, 0.15) is 18.1 Å². The van der Waals surface area contributed by atoms with Crippen LogP contribution in [0.5, 0.6) is 0 Å². The summed E-state index contributed by atoms with van der Waals surface area (Å²) < 4.78 is 23.9. The van der Waals surface area contributed by atoms with Crippen molar-refractivity contribution in [1.29, 1.82) is 0 Å². The van der Waals surface area contributed by atoms with E-state index in [2.05, 4.69) is 5.32 Å². The molecule has 7 nitrogen and oxygen atoms in total. The van der Waals surface area contributed by atoms with Crippen LogP contribution in [0.25, 0.3) is 0 Å². The van der Waals surface area contributed by atoms with E-state index >= 15 is 0 Å². The normalized spacial score (nSPS) is 14.2. The van der Waals surface area contributed by atoms with E-state index in [1.165, 1.54) is 23.5 Å². The van der Waals surface area contributed by atoms with Gasteiger partial charge in [0.2, 0.25) is 5.91 Å². The zero-order chi connectivity index (χ0) is 22.8. The Kier molecular flexibility index (Phi) is 9.10. The number of benzene rings is 1. The molecule has 174 valence electrons. The zero-order valence-electron chi connectivity index (χ0n) is 18.6. The second-order valence-electron chi connectivity index (χ2n) is 8.15. The highest BCUT2D eigenvalue weighted by Gasteiger charge is 2.24. The highest BCUT2D eigenvalue weighted by atomic mass is 19.1. The van der Waals surface area contributed by atoms with Gasteiger partial charge in [-0.3, -0.25) is 4.79 Å². The average molecular weight is 446 g/mol. The third-order valence-electron chi connectivity index (χ3n) is 5.68. The van der Waals surface area contributed by atoms with Gasteiger partial charge in [-0.15, -0.1) is 0 Å². The van der Waals surface area contributed by atoms with Gasteiger partial charge in [0.05, 0.1) is 19.4 Å². The number of rotatable bonds is 10. The quantitative estimate of drug-likeness (QED) is 0.601. The fourth-order valence-corrected chi connectivity index (χ4v) is 3.86. The summed E-state index contributed by atoms with van der Waals surface area (Å²) in [5, 5.41) is 3.07. The fraction of sp³-hybridized carbons (Fsp3) is 0.500. The van der Waals surface area contributed by atoms with Crippen molar-refractivity contribution in [1.82, 2.24) is 15.1 Å². The van der Waals surface area contributed by atoms with Gasteiger partial charge in [-0.2, -0.15) is 0 Å². The van der Waals surface area contributed by atoms with Gasteiger partial charge in [-0.05, 0) is 42.7 Å². The standard InChI is InChI=1S/C24H32FN3O4/c1-31-15-13-27(24(30)26-21-6-3-2-4-7-21)18-23(29)28(17-22-8-5-14-32-22)16-19-9-11-20(25)12-10-19/h5,8-12,14,21H,2-4,6-7,13,15-18H2,1H3,(H,26,30). The maximum absolute atomic E-state index is 13.3. The van der Waals surface area contributed by atoms with E-state index in [9.17, 15) is 14.0 Å². The Hall–Kier alpha value is -2.87. The third kappa shape index (κ3) is 7.37. The van der Waals surface area contributed by atoms with Crippen molar-refractivity contribution in [3.8, 4) is 0 Å².